The lowest BCUT2D eigenvalue weighted by molar-refractivity contribution is 0.249. The molecule has 0 saturated heterocycles. The monoisotopic (exact) mass is 169 g/mol. The van der Waals surface area contributed by atoms with Crippen LogP contribution in [0.3, 0.4) is 0 Å². The zero-order valence-electron chi connectivity index (χ0n) is 5.69. The van der Waals surface area contributed by atoms with Gasteiger partial charge in [0.1, 0.15) is 5.28 Å². The van der Waals surface area contributed by atoms with Gasteiger partial charge in [-0.25, -0.2) is 0 Å². The number of aliphatic hydroxyl groups excluding tert-OH is 1. The van der Waals surface area contributed by atoms with Crippen LogP contribution in [0, 0.1) is 0 Å². The van der Waals surface area contributed by atoms with Gasteiger partial charge in [0.05, 0.1) is 0 Å². The number of aliphatic hydroxyl groups is 1. The molecule has 0 aliphatic heterocycles. The van der Waals surface area contributed by atoms with Crippen LogP contribution in [0.4, 0.5) is 0 Å². The molecule has 0 radical (unpaired) electrons. The minimum atomic E-state index is -4.27. The van der Waals surface area contributed by atoms with Gasteiger partial charge in [0.2, 0.25) is 0 Å². The Morgan fingerprint density at radius 1 is 1.60 bits per heavy atom. The summed E-state index contributed by atoms with van der Waals surface area (Å²) in [5.41, 5.74) is 5.18. The summed E-state index contributed by atoms with van der Waals surface area (Å²) in [7, 11) is -4.27. The maximum Gasteiger partial charge on any atom is 0.344 e. The smallest absolute Gasteiger partial charge is 0.344 e. The van der Waals surface area contributed by atoms with Crippen molar-refractivity contribution in [3.63, 3.8) is 0 Å². The maximum atomic E-state index is 10.5. The van der Waals surface area contributed by atoms with Gasteiger partial charge in [-0.3, -0.25) is 4.57 Å². The molecule has 0 aromatic heterocycles. The molecule has 6 heteroatoms. The van der Waals surface area contributed by atoms with Gasteiger partial charge in [-0.15, -0.1) is 0 Å². The summed E-state index contributed by atoms with van der Waals surface area (Å²) >= 11 is 0. The first-order valence-electron chi connectivity index (χ1n) is 2.76. The molecule has 0 aliphatic rings. The van der Waals surface area contributed by atoms with Gasteiger partial charge in [-0.05, 0) is 13.3 Å². The number of rotatable bonds is 3. The van der Waals surface area contributed by atoms with E-state index in [1.165, 1.54) is 6.92 Å². The van der Waals surface area contributed by atoms with Crippen molar-refractivity contribution in [1.82, 2.24) is 0 Å². The molecule has 62 valence electrons. The summed E-state index contributed by atoms with van der Waals surface area (Å²) in [5.74, 6) is 0. The third-order valence-electron chi connectivity index (χ3n) is 1.28. The van der Waals surface area contributed by atoms with Crippen LogP contribution in [0.5, 0.6) is 0 Å². The van der Waals surface area contributed by atoms with Crippen LogP contribution in [0.15, 0.2) is 0 Å². The Balaban J connectivity index is 4.25. The van der Waals surface area contributed by atoms with Gasteiger partial charge in [-0.2, -0.15) is 0 Å². The highest BCUT2D eigenvalue weighted by Gasteiger charge is 2.37. The molecule has 0 aliphatic carbocycles. The van der Waals surface area contributed by atoms with Crippen LogP contribution < -0.4 is 5.73 Å². The number of nitrogens with two attached hydrogens (primary N) is 1. The topological polar surface area (TPSA) is 104 Å². The van der Waals surface area contributed by atoms with E-state index in [0.29, 0.717) is 0 Å². The van der Waals surface area contributed by atoms with Crippen molar-refractivity contribution in [2.24, 2.45) is 5.73 Å². The minimum absolute atomic E-state index is 0.0999. The van der Waals surface area contributed by atoms with Gasteiger partial charge < -0.3 is 20.6 Å². The van der Waals surface area contributed by atoms with Crippen molar-refractivity contribution < 1.29 is 19.5 Å². The molecule has 5 nitrogen and oxygen atoms in total. The van der Waals surface area contributed by atoms with Gasteiger partial charge in [0.15, 0.2) is 0 Å². The van der Waals surface area contributed by atoms with Crippen LogP contribution in [-0.4, -0.2) is 26.8 Å². The van der Waals surface area contributed by atoms with Crippen molar-refractivity contribution in [2.45, 2.75) is 18.6 Å². The lowest BCUT2D eigenvalue weighted by atomic mass is 10.2. The average molecular weight is 169 g/mol. The number of hydrogen-bond donors (Lipinski definition) is 4. The third kappa shape index (κ3) is 2.36. The van der Waals surface area contributed by atoms with E-state index in [1.54, 1.807) is 0 Å². The second-order valence-electron chi connectivity index (χ2n) is 2.37. The molecule has 0 heterocycles. The summed E-state index contributed by atoms with van der Waals surface area (Å²) in [4.78, 5) is 17.1. The van der Waals surface area contributed by atoms with Crippen molar-refractivity contribution in [2.75, 3.05) is 6.61 Å². The first-order chi connectivity index (χ1) is 4.31. The Morgan fingerprint density at radius 3 is 2.10 bits per heavy atom. The maximum absolute atomic E-state index is 10.5. The van der Waals surface area contributed by atoms with Crippen molar-refractivity contribution >= 4 is 7.60 Å². The zero-order valence-corrected chi connectivity index (χ0v) is 6.58. The van der Waals surface area contributed by atoms with Crippen LogP contribution >= 0.6 is 7.60 Å². The molecule has 0 bridgehead atoms. The van der Waals surface area contributed by atoms with Crippen molar-refractivity contribution in [3.8, 4) is 0 Å². The normalized spacial score (nSPS) is 18.5. The molecule has 0 spiro atoms. The average Bonchev–Trinajstić information content (AvgIpc) is 1.61. The van der Waals surface area contributed by atoms with E-state index in [4.69, 9.17) is 20.6 Å². The minimum Gasteiger partial charge on any atom is -0.396 e. The molecule has 0 aromatic rings. The molecule has 0 fully saturated rings. The molecule has 10 heavy (non-hydrogen) atoms. The summed E-state index contributed by atoms with van der Waals surface area (Å²) < 4.78 is 10.5. The molecule has 5 N–H and O–H groups in total. The van der Waals surface area contributed by atoms with Crippen LogP contribution in [0.25, 0.3) is 0 Å². The largest absolute Gasteiger partial charge is 0.396 e. The molecular formula is C4H12NO4P. The predicted molar refractivity (Wildman–Crippen MR) is 36.3 cm³/mol. The number of hydrogen-bond acceptors (Lipinski definition) is 3. The van der Waals surface area contributed by atoms with Crippen molar-refractivity contribution in [1.29, 1.82) is 0 Å². The van der Waals surface area contributed by atoms with Gasteiger partial charge in [0.25, 0.3) is 0 Å². The highest BCUT2D eigenvalue weighted by Crippen LogP contribution is 2.48. The molecule has 0 amide bonds. The Bertz CT molecular complexity index is 151. The van der Waals surface area contributed by atoms with E-state index in [1.807, 2.05) is 0 Å². The summed E-state index contributed by atoms with van der Waals surface area (Å²) in [6.45, 7) is 0.891. The van der Waals surface area contributed by atoms with E-state index < -0.39 is 12.9 Å². The Labute approximate surface area is 59.0 Å². The SMILES string of the molecule is CC(N)(CCO)P(=O)(O)O. The van der Waals surface area contributed by atoms with Crippen molar-refractivity contribution in [3.05, 3.63) is 0 Å². The van der Waals surface area contributed by atoms with E-state index in [-0.39, 0.29) is 13.0 Å². The quantitative estimate of drug-likeness (QED) is 0.415. The lowest BCUT2D eigenvalue weighted by Gasteiger charge is -2.24. The summed E-state index contributed by atoms with van der Waals surface area (Å²) in [5, 5.41) is 6.75. The highest BCUT2D eigenvalue weighted by molar-refractivity contribution is 7.53. The predicted octanol–water partition coefficient (Wildman–Crippen LogP) is -0.779. The van der Waals surface area contributed by atoms with Crippen LogP contribution in [-0.2, 0) is 4.57 Å². The third-order valence-corrected chi connectivity index (χ3v) is 2.84. The molecule has 0 saturated carbocycles. The fourth-order valence-electron chi connectivity index (χ4n) is 0.372. The molecular weight excluding hydrogens is 157 g/mol. The first kappa shape index (κ1) is 10.1. The zero-order chi connectivity index (χ0) is 8.41. The molecule has 1 atom stereocenters. The summed E-state index contributed by atoms with van der Waals surface area (Å²) in [6, 6.07) is 0. The van der Waals surface area contributed by atoms with Gasteiger partial charge in [-0.1, -0.05) is 0 Å². The Kier molecular flexibility index (Phi) is 3.00. The van der Waals surface area contributed by atoms with Gasteiger partial charge in [0, 0.05) is 6.61 Å². The highest BCUT2D eigenvalue weighted by atomic mass is 31.2. The Hall–Kier alpha value is 0.0700. The van der Waals surface area contributed by atoms with E-state index in [9.17, 15) is 4.57 Å². The van der Waals surface area contributed by atoms with E-state index in [0.717, 1.165) is 0 Å². The molecule has 1 unspecified atom stereocenters. The fraction of sp³-hybridized carbons (Fsp3) is 1.00. The standard InChI is InChI=1S/C4H12NO4P/c1-4(5,2-3-6)10(7,8)9/h6H,2-3,5H2,1H3,(H2,7,8,9). The van der Waals surface area contributed by atoms with E-state index in [2.05, 4.69) is 0 Å². The van der Waals surface area contributed by atoms with E-state index >= 15 is 0 Å². The van der Waals surface area contributed by atoms with Gasteiger partial charge >= 0.3 is 7.60 Å². The second-order valence-corrected chi connectivity index (χ2v) is 4.48. The Morgan fingerprint density at radius 2 is 2.00 bits per heavy atom. The molecule has 0 rings (SSSR count). The lowest BCUT2D eigenvalue weighted by Crippen LogP contribution is -2.36. The first-order valence-corrected chi connectivity index (χ1v) is 4.38. The van der Waals surface area contributed by atoms with Crippen LogP contribution in [0.2, 0.25) is 0 Å². The van der Waals surface area contributed by atoms with Crippen LogP contribution in [0.1, 0.15) is 13.3 Å². The molecule has 0 aromatic carbocycles. The fourth-order valence-corrected chi connectivity index (χ4v) is 0.763. The summed E-state index contributed by atoms with van der Waals surface area (Å²) in [6.07, 6.45) is -0.0999. The second kappa shape index (κ2) is 2.98.